The van der Waals surface area contributed by atoms with Gasteiger partial charge < -0.3 is 9.47 Å². The Hall–Kier alpha value is -0.940. The predicted octanol–water partition coefficient (Wildman–Crippen LogP) is 4.24. The average molecular weight is 349 g/mol. The van der Waals surface area contributed by atoms with E-state index in [-0.39, 0.29) is 0 Å². The van der Waals surface area contributed by atoms with Crippen LogP contribution in [0, 0.1) is 0 Å². The van der Waals surface area contributed by atoms with Gasteiger partial charge in [0.1, 0.15) is 12.2 Å². The first-order valence-electron chi connectivity index (χ1n) is 5.90. The first-order valence-corrected chi connectivity index (χ1v) is 7.07. The van der Waals surface area contributed by atoms with Gasteiger partial charge in [-0.2, -0.15) is 0 Å². The Bertz CT molecular complexity index is 513. The van der Waals surface area contributed by atoms with Gasteiger partial charge in [0, 0.05) is 5.02 Å². The van der Waals surface area contributed by atoms with E-state index in [9.17, 15) is 4.79 Å². The SMILES string of the molecule is CC(C)(C)OC(=O)N1CCOc2c(Br)cc(Cl)cc21. The summed E-state index contributed by atoms with van der Waals surface area (Å²) in [4.78, 5) is 13.7. The minimum absolute atomic E-state index is 0.397. The summed E-state index contributed by atoms with van der Waals surface area (Å²) in [5, 5.41) is 0.532. The van der Waals surface area contributed by atoms with Crippen LogP contribution in [0.3, 0.4) is 0 Å². The summed E-state index contributed by atoms with van der Waals surface area (Å²) in [5.74, 6) is 0.613. The summed E-state index contributed by atoms with van der Waals surface area (Å²) in [6, 6.07) is 3.43. The third-order valence-electron chi connectivity index (χ3n) is 2.45. The van der Waals surface area contributed by atoms with E-state index in [0.29, 0.717) is 29.6 Å². The summed E-state index contributed by atoms with van der Waals surface area (Å²) in [6.45, 7) is 6.36. The molecule has 1 aromatic carbocycles. The van der Waals surface area contributed by atoms with Crippen molar-refractivity contribution in [3.05, 3.63) is 21.6 Å². The highest BCUT2D eigenvalue weighted by molar-refractivity contribution is 9.10. The number of halogens is 2. The van der Waals surface area contributed by atoms with Crippen LogP contribution >= 0.6 is 27.5 Å². The molecular weight excluding hydrogens is 334 g/mol. The normalized spacial score (nSPS) is 14.7. The van der Waals surface area contributed by atoms with Crippen molar-refractivity contribution in [3.63, 3.8) is 0 Å². The fourth-order valence-electron chi connectivity index (χ4n) is 1.76. The van der Waals surface area contributed by atoms with Crippen LogP contribution in [-0.4, -0.2) is 24.8 Å². The first kappa shape index (κ1) is 14.5. The molecule has 2 rings (SSSR count). The Labute approximate surface area is 125 Å². The van der Waals surface area contributed by atoms with Crippen molar-refractivity contribution in [2.75, 3.05) is 18.1 Å². The number of hydrogen-bond donors (Lipinski definition) is 0. The fraction of sp³-hybridized carbons (Fsp3) is 0.462. The number of nitrogens with zero attached hydrogens (tertiary/aromatic N) is 1. The Morgan fingerprint density at radius 1 is 1.47 bits per heavy atom. The molecule has 0 N–H and O–H groups in total. The van der Waals surface area contributed by atoms with Crippen LogP contribution in [0.4, 0.5) is 10.5 Å². The second-order valence-corrected chi connectivity index (χ2v) is 6.51. The van der Waals surface area contributed by atoms with Crippen molar-refractivity contribution in [1.82, 2.24) is 0 Å². The monoisotopic (exact) mass is 347 g/mol. The van der Waals surface area contributed by atoms with Crippen molar-refractivity contribution in [3.8, 4) is 5.75 Å². The number of rotatable bonds is 0. The quantitative estimate of drug-likeness (QED) is 0.704. The maximum absolute atomic E-state index is 12.2. The molecular formula is C13H15BrClNO3. The van der Waals surface area contributed by atoms with Gasteiger partial charge in [-0.05, 0) is 48.8 Å². The summed E-state index contributed by atoms with van der Waals surface area (Å²) < 4.78 is 11.7. The van der Waals surface area contributed by atoms with Gasteiger partial charge in [0.15, 0.2) is 5.75 Å². The lowest BCUT2D eigenvalue weighted by Crippen LogP contribution is -2.41. The molecule has 0 saturated heterocycles. The minimum atomic E-state index is -0.536. The van der Waals surface area contributed by atoms with Gasteiger partial charge in [-0.25, -0.2) is 4.79 Å². The van der Waals surface area contributed by atoms with Crippen LogP contribution in [0.25, 0.3) is 0 Å². The van der Waals surface area contributed by atoms with E-state index in [1.165, 1.54) is 0 Å². The Morgan fingerprint density at radius 2 is 2.16 bits per heavy atom. The zero-order chi connectivity index (χ0) is 14.2. The standard InChI is InChI=1S/C13H15BrClNO3/c1-13(2,3)19-12(17)16-4-5-18-11-9(14)6-8(15)7-10(11)16/h6-7H,4-5H2,1-3H3. The molecule has 0 fully saturated rings. The van der Waals surface area contributed by atoms with E-state index >= 15 is 0 Å². The number of benzene rings is 1. The van der Waals surface area contributed by atoms with Gasteiger partial charge in [0.2, 0.25) is 0 Å². The van der Waals surface area contributed by atoms with Crippen LogP contribution in [0.1, 0.15) is 20.8 Å². The first-order chi connectivity index (χ1) is 8.78. The number of hydrogen-bond acceptors (Lipinski definition) is 3. The van der Waals surface area contributed by atoms with Crippen LogP contribution < -0.4 is 9.64 Å². The van der Waals surface area contributed by atoms with E-state index in [2.05, 4.69) is 15.9 Å². The van der Waals surface area contributed by atoms with Gasteiger partial charge in [0.05, 0.1) is 16.7 Å². The molecule has 104 valence electrons. The molecule has 6 heteroatoms. The van der Waals surface area contributed by atoms with Crippen molar-refractivity contribution >= 4 is 39.3 Å². The van der Waals surface area contributed by atoms with E-state index in [4.69, 9.17) is 21.1 Å². The number of amides is 1. The summed E-state index contributed by atoms with van der Waals surface area (Å²) in [7, 11) is 0. The second kappa shape index (κ2) is 5.21. The van der Waals surface area contributed by atoms with E-state index in [1.54, 1.807) is 17.0 Å². The maximum Gasteiger partial charge on any atom is 0.415 e. The molecule has 0 saturated carbocycles. The number of carbonyl (C=O) groups excluding carboxylic acids is 1. The molecule has 0 bridgehead atoms. The molecule has 0 atom stereocenters. The number of anilines is 1. The van der Waals surface area contributed by atoms with Crippen LogP contribution in [0.2, 0.25) is 5.02 Å². The van der Waals surface area contributed by atoms with Gasteiger partial charge in [-0.15, -0.1) is 0 Å². The molecule has 0 unspecified atom stereocenters. The molecule has 1 heterocycles. The highest BCUT2D eigenvalue weighted by atomic mass is 79.9. The highest BCUT2D eigenvalue weighted by Gasteiger charge is 2.29. The van der Waals surface area contributed by atoms with Gasteiger partial charge in [0.25, 0.3) is 0 Å². The lowest BCUT2D eigenvalue weighted by molar-refractivity contribution is 0.0567. The second-order valence-electron chi connectivity index (χ2n) is 5.22. The Kier molecular flexibility index (Phi) is 3.97. The van der Waals surface area contributed by atoms with E-state index < -0.39 is 11.7 Å². The topological polar surface area (TPSA) is 38.8 Å². The lowest BCUT2D eigenvalue weighted by atomic mass is 10.2. The molecule has 0 radical (unpaired) electrons. The molecule has 1 aliphatic rings. The van der Waals surface area contributed by atoms with E-state index in [0.717, 1.165) is 4.47 Å². The highest BCUT2D eigenvalue weighted by Crippen LogP contribution is 2.41. The summed E-state index contributed by atoms with van der Waals surface area (Å²) >= 11 is 9.40. The van der Waals surface area contributed by atoms with Crippen LogP contribution in [0.15, 0.2) is 16.6 Å². The predicted molar refractivity (Wildman–Crippen MR) is 78.2 cm³/mol. The molecule has 19 heavy (non-hydrogen) atoms. The van der Waals surface area contributed by atoms with Crippen LogP contribution in [0.5, 0.6) is 5.75 Å². The molecule has 1 amide bonds. The van der Waals surface area contributed by atoms with E-state index in [1.807, 2.05) is 20.8 Å². The summed E-state index contributed by atoms with van der Waals surface area (Å²) in [5.41, 5.74) is 0.0885. The van der Waals surface area contributed by atoms with Crippen molar-refractivity contribution in [2.45, 2.75) is 26.4 Å². The maximum atomic E-state index is 12.2. The molecule has 0 aliphatic carbocycles. The molecule has 0 aromatic heterocycles. The number of fused-ring (bicyclic) bond motifs is 1. The molecule has 1 aliphatic heterocycles. The average Bonchev–Trinajstić information content (AvgIpc) is 2.25. The number of ether oxygens (including phenoxy) is 2. The fourth-order valence-corrected chi connectivity index (χ4v) is 2.66. The largest absolute Gasteiger partial charge is 0.488 e. The van der Waals surface area contributed by atoms with Crippen molar-refractivity contribution in [2.24, 2.45) is 0 Å². The Morgan fingerprint density at radius 3 is 2.79 bits per heavy atom. The molecule has 4 nitrogen and oxygen atoms in total. The molecule has 0 spiro atoms. The van der Waals surface area contributed by atoms with Gasteiger partial charge >= 0.3 is 6.09 Å². The number of carbonyl (C=O) groups is 1. The van der Waals surface area contributed by atoms with Gasteiger partial charge in [-0.1, -0.05) is 11.6 Å². The zero-order valence-electron chi connectivity index (χ0n) is 11.0. The van der Waals surface area contributed by atoms with Crippen LogP contribution in [-0.2, 0) is 4.74 Å². The van der Waals surface area contributed by atoms with Crippen molar-refractivity contribution < 1.29 is 14.3 Å². The smallest absolute Gasteiger partial charge is 0.415 e. The third-order valence-corrected chi connectivity index (χ3v) is 3.26. The Balaban J connectivity index is 2.34. The van der Waals surface area contributed by atoms with Crippen molar-refractivity contribution in [1.29, 1.82) is 0 Å². The van der Waals surface area contributed by atoms with Gasteiger partial charge in [-0.3, -0.25) is 4.90 Å². The molecule has 1 aromatic rings. The summed E-state index contributed by atoms with van der Waals surface area (Å²) in [6.07, 6.45) is -0.397. The zero-order valence-corrected chi connectivity index (χ0v) is 13.3. The minimum Gasteiger partial charge on any atom is -0.488 e. The third kappa shape index (κ3) is 3.34. The lowest BCUT2D eigenvalue weighted by Gasteiger charge is -2.32.